The molecule has 0 spiro atoms. The van der Waals surface area contributed by atoms with Gasteiger partial charge in [-0.2, -0.15) is 0 Å². The van der Waals surface area contributed by atoms with Gasteiger partial charge in [-0.05, 0) is 30.3 Å². The van der Waals surface area contributed by atoms with Crippen molar-refractivity contribution in [2.75, 3.05) is 11.1 Å². The van der Waals surface area contributed by atoms with Gasteiger partial charge in [0.25, 0.3) is 0 Å². The van der Waals surface area contributed by atoms with E-state index in [1.54, 1.807) is 42.6 Å². The zero-order valence-corrected chi connectivity index (χ0v) is 11.2. The van der Waals surface area contributed by atoms with Crippen molar-refractivity contribution in [1.82, 2.24) is 4.98 Å². The van der Waals surface area contributed by atoms with Crippen LogP contribution >= 0.6 is 11.6 Å². The number of anilines is 3. The minimum absolute atomic E-state index is 0.339. The van der Waals surface area contributed by atoms with Gasteiger partial charge in [-0.3, -0.25) is 0 Å². The van der Waals surface area contributed by atoms with Crippen molar-refractivity contribution in [2.24, 2.45) is 0 Å². The molecular weight excluding hydrogens is 277 g/mol. The highest BCUT2D eigenvalue weighted by Gasteiger charge is 2.10. The standard InChI is InChI=1S/C15H11ClFN3/c16-10-5-6-12(18)9-7-8-19-15(14(9)10)20-13-4-2-1-3-11(13)17/h1-8H,18H2,(H,19,20). The van der Waals surface area contributed by atoms with Crippen molar-refractivity contribution in [1.29, 1.82) is 0 Å². The van der Waals surface area contributed by atoms with Crippen molar-refractivity contribution < 1.29 is 4.39 Å². The number of nitrogens with one attached hydrogen (secondary N) is 1. The minimum atomic E-state index is -0.355. The average Bonchev–Trinajstić information content (AvgIpc) is 2.45. The Balaban J connectivity index is 2.18. The van der Waals surface area contributed by atoms with Crippen LogP contribution in [0.5, 0.6) is 0 Å². The Kier molecular flexibility index (Phi) is 3.16. The van der Waals surface area contributed by atoms with E-state index in [1.807, 2.05) is 0 Å². The van der Waals surface area contributed by atoms with E-state index >= 15 is 0 Å². The van der Waals surface area contributed by atoms with E-state index in [-0.39, 0.29) is 5.82 Å². The molecule has 2 aromatic carbocycles. The quantitative estimate of drug-likeness (QED) is 0.689. The molecular formula is C15H11ClFN3. The van der Waals surface area contributed by atoms with Crippen LogP contribution in [-0.4, -0.2) is 4.98 Å². The molecule has 0 fully saturated rings. The second kappa shape index (κ2) is 4.98. The highest BCUT2D eigenvalue weighted by molar-refractivity contribution is 6.37. The summed E-state index contributed by atoms with van der Waals surface area (Å²) < 4.78 is 13.7. The summed E-state index contributed by atoms with van der Waals surface area (Å²) in [6.07, 6.45) is 1.61. The van der Waals surface area contributed by atoms with Gasteiger partial charge in [-0.15, -0.1) is 0 Å². The Hall–Kier alpha value is -2.33. The lowest BCUT2D eigenvalue weighted by Crippen LogP contribution is -1.98. The first-order valence-electron chi connectivity index (χ1n) is 6.01. The molecule has 0 atom stereocenters. The summed E-state index contributed by atoms with van der Waals surface area (Å²) in [5.74, 6) is 0.122. The smallest absolute Gasteiger partial charge is 0.146 e. The lowest BCUT2D eigenvalue weighted by molar-refractivity contribution is 0.632. The van der Waals surface area contributed by atoms with Crippen LogP contribution < -0.4 is 11.1 Å². The second-order valence-corrected chi connectivity index (χ2v) is 4.73. The summed E-state index contributed by atoms with van der Waals surface area (Å²) in [4.78, 5) is 4.23. The predicted molar refractivity (Wildman–Crippen MR) is 80.8 cm³/mol. The molecule has 1 heterocycles. The van der Waals surface area contributed by atoms with Gasteiger partial charge in [0, 0.05) is 22.7 Å². The third-order valence-corrected chi connectivity index (χ3v) is 3.35. The van der Waals surface area contributed by atoms with E-state index in [2.05, 4.69) is 10.3 Å². The van der Waals surface area contributed by atoms with Crippen LogP contribution in [0.25, 0.3) is 10.8 Å². The highest BCUT2D eigenvalue weighted by Crippen LogP contribution is 2.34. The van der Waals surface area contributed by atoms with Gasteiger partial charge in [0.1, 0.15) is 11.6 Å². The van der Waals surface area contributed by atoms with E-state index in [0.717, 1.165) is 5.39 Å². The van der Waals surface area contributed by atoms with E-state index in [1.165, 1.54) is 6.07 Å². The normalized spacial score (nSPS) is 10.7. The summed E-state index contributed by atoms with van der Waals surface area (Å²) in [5, 5.41) is 4.93. The molecule has 20 heavy (non-hydrogen) atoms. The predicted octanol–water partition coefficient (Wildman–Crippen LogP) is 4.35. The first-order chi connectivity index (χ1) is 9.66. The molecule has 0 aliphatic rings. The third-order valence-electron chi connectivity index (χ3n) is 3.04. The molecule has 100 valence electrons. The monoisotopic (exact) mass is 287 g/mol. The molecule has 0 saturated heterocycles. The van der Waals surface area contributed by atoms with Crippen LogP contribution in [0.1, 0.15) is 0 Å². The maximum Gasteiger partial charge on any atom is 0.146 e. The fraction of sp³-hybridized carbons (Fsp3) is 0. The molecule has 0 aliphatic heterocycles. The number of rotatable bonds is 2. The van der Waals surface area contributed by atoms with Gasteiger partial charge >= 0.3 is 0 Å². The number of nitrogens with two attached hydrogens (primary N) is 1. The fourth-order valence-electron chi connectivity index (χ4n) is 2.07. The van der Waals surface area contributed by atoms with E-state index in [0.29, 0.717) is 27.6 Å². The SMILES string of the molecule is Nc1ccc(Cl)c2c(Nc3ccccc3F)nccc12. The van der Waals surface area contributed by atoms with Gasteiger partial charge < -0.3 is 11.1 Å². The van der Waals surface area contributed by atoms with E-state index < -0.39 is 0 Å². The Morgan fingerprint density at radius 3 is 2.70 bits per heavy atom. The van der Waals surface area contributed by atoms with Crippen molar-refractivity contribution in [3.05, 3.63) is 59.5 Å². The van der Waals surface area contributed by atoms with Gasteiger partial charge in [0.15, 0.2) is 0 Å². The Morgan fingerprint density at radius 2 is 1.90 bits per heavy atom. The molecule has 0 radical (unpaired) electrons. The number of halogens is 2. The van der Waals surface area contributed by atoms with Crippen LogP contribution in [0.15, 0.2) is 48.7 Å². The largest absolute Gasteiger partial charge is 0.398 e. The van der Waals surface area contributed by atoms with E-state index in [4.69, 9.17) is 17.3 Å². The van der Waals surface area contributed by atoms with Crippen molar-refractivity contribution >= 4 is 39.6 Å². The molecule has 5 heteroatoms. The number of benzene rings is 2. The molecule has 3 nitrogen and oxygen atoms in total. The Morgan fingerprint density at radius 1 is 1.10 bits per heavy atom. The van der Waals surface area contributed by atoms with Crippen molar-refractivity contribution in [3.63, 3.8) is 0 Å². The van der Waals surface area contributed by atoms with Gasteiger partial charge in [-0.1, -0.05) is 23.7 Å². The number of fused-ring (bicyclic) bond motifs is 1. The summed E-state index contributed by atoms with van der Waals surface area (Å²) in [5.41, 5.74) is 6.87. The number of nitrogens with zero attached hydrogens (tertiary/aromatic N) is 1. The first-order valence-corrected chi connectivity index (χ1v) is 6.39. The fourth-order valence-corrected chi connectivity index (χ4v) is 2.32. The lowest BCUT2D eigenvalue weighted by Gasteiger charge is -2.11. The summed E-state index contributed by atoms with van der Waals surface area (Å²) in [6.45, 7) is 0. The maximum absolute atomic E-state index is 13.7. The number of pyridine rings is 1. The molecule has 0 aliphatic carbocycles. The maximum atomic E-state index is 13.7. The molecule has 1 aromatic heterocycles. The summed E-state index contributed by atoms with van der Waals surface area (Å²) in [6, 6.07) is 11.6. The van der Waals surface area contributed by atoms with Crippen molar-refractivity contribution in [3.8, 4) is 0 Å². The van der Waals surface area contributed by atoms with Crippen LogP contribution in [0.3, 0.4) is 0 Å². The van der Waals surface area contributed by atoms with E-state index in [9.17, 15) is 4.39 Å². The zero-order valence-electron chi connectivity index (χ0n) is 10.4. The molecule has 3 N–H and O–H groups in total. The van der Waals surface area contributed by atoms with Crippen LogP contribution in [0, 0.1) is 5.82 Å². The molecule has 0 bridgehead atoms. The van der Waals surface area contributed by atoms with Gasteiger partial charge in [0.2, 0.25) is 0 Å². The zero-order chi connectivity index (χ0) is 14.1. The molecule has 0 amide bonds. The summed E-state index contributed by atoms with van der Waals surface area (Å²) in [7, 11) is 0. The Bertz CT molecular complexity index is 789. The molecule has 0 unspecified atom stereocenters. The second-order valence-electron chi connectivity index (χ2n) is 4.32. The van der Waals surface area contributed by atoms with Crippen LogP contribution in [0.2, 0.25) is 5.02 Å². The highest BCUT2D eigenvalue weighted by atomic mass is 35.5. The number of hydrogen-bond donors (Lipinski definition) is 2. The van der Waals surface area contributed by atoms with Gasteiger partial charge in [0.05, 0.1) is 10.7 Å². The number of nitrogen functional groups attached to an aromatic ring is 1. The number of aromatic nitrogens is 1. The summed E-state index contributed by atoms with van der Waals surface area (Å²) >= 11 is 6.21. The van der Waals surface area contributed by atoms with Crippen molar-refractivity contribution in [2.45, 2.75) is 0 Å². The number of hydrogen-bond acceptors (Lipinski definition) is 3. The van der Waals surface area contributed by atoms with Crippen LogP contribution in [0.4, 0.5) is 21.6 Å². The molecule has 0 saturated carbocycles. The van der Waals surface area contributed by atoms with Crippen LogP contribution in [-0.2, 0) is 0 Å². The molecule has 3 rings (SSSR count). The Labute approximate surface area is 120 Å². The molecule has 3 aromatic rings. The number of para-hydroxylation sites is 1. The topological polar surface area (TPSA) is 50.9 Å². The first kappa shape index (κ1) is 12.7. The lowest BCUT2D eigenvalue weighted by atomic mass is 10.1. The van der Waals surface area contributed by atoms with Gasteiger partial charge in [-0.25, -0.2) is 9.37 Å². The third kappa shape index (κ3) is 2.14. The average molecular weight is 288 g/mol. The minimum Gasteiger partial charge on any atom is -0.398 e.